The van der Waals surface area contributed by atoms with Gasteiger partial charge in [-0.25, -0.2) is 9.59 Å². The summed E-state index contributed by atoms with van der Waals surface area (Å²) in [7, 11) is 0. The fourth-order valence-corrected chi connectivity index (χ4v) is 6.85. The van der Waals surface area contributed by atoms with E-state index in [4.69, 9.17) is 9.84 Å². The zero-order valence-corrected chi connectivity index (χ0v) is 32.8. The topological polar surface area (TPSA) is 83.8 Å². The molecule has 49 heavy (non-hydrogen) atoms. The highest BCUT2D eigenvalue weighted by molar-refractivity contribution is 5.88. The summed E-state index contributed by atoms with van der Waals surface area (Å²) in [5.74, 6) is -2.05. The van der Waals surface area contributed by atoms with Crippen LogP contribution in [-0.2, 0) is 14.3 Å². The van der Waals surface area contributed by atoms with Crippen LogP contribution in [0.25, 0.3) is 0 Å². The highest BCUT2D eigenvalue weighted by Gasteiger charge is 2.16. The van der Waals surface area contributed by atoms with E-state index in [0.717, 1.165) is 44.1 Å². The molecule has 0 amide bonds. The average molecular weight is 691 g/mol. The molecule has 2 N–H and O–H groups in total. The van der Waals surface area contributed by atoms with E-state index in [0.29, 0.717) is 5.57 Å². The number of ether oxygens (including phenoxy) is 1. The molecule has 0 fully saturated rings. The molecule has 0 aliphatic rings. The van der Waals surface area contributed by atoms with Crippen LogP contribution in [-0.4, -0.2) is 35.4 Å². The molecule has 0 heterocycles. The van der Waals surface area contributed by atoms with E-state index in [1.54, 1.807) is 0 Å². The first-order chi connectivity index (χ1) is 23.9. The normalized spacial score (nSPS) is 11.2. The number of carboxylic acids is 2. The molecule has 0 unspecified atom stereocenters. The summed E-state index contributed by atoms with van der Waals surface area (Å²) in [6.07, 6.45) is 43.9. The summed E-state index contributed by atoms with van der Waals surface area (Å²) in [5, 5.41) is 19.1. The fourth-order valence-electron chi connectivity index (χ4n) is 6.85. The Morgan fingerprint density at radius 3 is 0.918 bits per heavy atom. The number of unbranched alkanes of at least 4 members (excludes halogenated alkanes) is 30. The third-order valence-corrected chi connectivity index (χ3v) is 10.2. The van der Waals surface area contributed by atoms with Crippen molar-refractivity contribution in [3.8, 4) is 0 Å². The Morgan fingerprint density at radius 1 is 0.408 bits per heavy atom. The van der Waals surface area contributed by atoms with E-state index in [9.17, 15) is 14.7 Å². The van der Waals surface area contributed by atoms with Crippen molar-refractivity contribution in [3.63, 3.8) is 0 Å². The minimum atomic E-state index is -1.11. The lowest BCUT2D eigenvalue weighted by molar-refractivity contribution is -0.133. The predicted molar refractivity (Wildman–Crippen MR) is 211 cm³/mol. The number of carbonyl (C=O) groups is 2. The standard InChI is InChI=1S/C44H82O5/c1-4-6-8-10-12-14-16-18-20-22-24-26-28-30-32-34-36-41(42(44(47)48)39-49-38-40(3)43(45)46)37-35-33-31-29-27-25-23-21-19-17-15-13-11-9-7-5-2/h3-39H2,1-2H3,(H,45,46)(H,47,48). The van der Waals surface area contributed by atoms with Crippen molar-refractivity contribution in [2.24, 2.45) is 0 Å². The number of hydrogen-bond acceptors (Lipinski definition) is 3. The van der Waals surface area contributed by atoms with Crippen LogP contribution < -0.4 is 0 Å². The first-order valence-electron chi connectivity index (χ1n) is 21.4. The van der Waals surface area contributed by atoms with Gasteiger partial charge in [-0.05, 0) is 25.7 Å². The Kier molecular flexibility index (Phi) is 36.4. The van der Waals surface area contributed by atoms with Crippen LogP contribution in [0.2, 0.25) is 0 Å². The smallest absolute Gasteiger partial charge is 0.333 e. The quantitative estimate of drug-likeness (QED) is 0.0494. The molecule has 288 valence electrons. The largest absolute Gasteiger partial charge is 0.478 e. The van der Waals surface area contributed by atoms with Crippen LogP contribution in [0.3, 0.4) is 0 Å². The van der Waals surface area contributed by atoms with Crippen LogP contribution in [0, 0.1) is 0 Å². The first kappa shape index (κ1) is 47.4. The van der Waals surface area contributed by atoms with Gasteiger partial charge in [0.05, 0.1) is 24.4 Å². The molecule has 5 nitrogen and oxygen atoms in total. The molecule has 0 aliphatic heterocycles. The third-order valence-electron chi connectivity index (χ3n) is 10.2. The Morgan fingerprint density at radius 2 is 0.673 bits per heavy atom. The van der Waals surface area contributed by atoms with Crippen LogP contribution in [0.1, 0.15) is 232 Å². The number of rotatable bonds is 40. The lowest BCUT2D eigenvalue weighted by Crippen LogP contribution is -2.15. The van der Waals surface area contributed by atoms with E-state index < -0.39 is 11.9 Å². The maximum Gasteiger partial charge on any atom is 0.333 e. The van der Waals surface area contributed by atoms with Crippen molar-refractivity contribution in [2.75, 3.05) is 13.2 Å². The molecule has 0 spiro atoms. The number of aliphatic carboxylic acids is 2. The number of carboxylic acid groups (broad SMARTS) is 2. The van der Waals surface area contributed by atoms with Crippen molar-refractivity contribution in [2.45, 2.75) is 232 Å². The van der Waals surface area contributed by atoms with Crippen LogP contribution in [0.15, 0.2) is 23.3 Å². The molecule has 0 saturated heterocycles. The van der Waals surface area contributed by atoms with Gasteiger partial charge in [0.2, 0.25) is 0 Å². The average Bonchev–Trinajstić information content (AvgIpc) is 3.08. The van der Waals surface area contributed by atoms with E-state index in [2.05, 4.69) is 20.4 Å². The number of hydrogen-bond donors (Lipinski definition) is 2. The van der Waals surface area contributed by atoms with Gasteiger partial charge in [0.25, 0.3) is 0 Å². The molecule has 0 atom stereocenters. The first-order valence-corrected chi connectivity index (χ1v) is 21.4. The summed E-state index contributed by atoms with van der Waals surface area (Å²) < 4.78 is 5.51. The van der Waals surface area contributed by atoms with Crippen LogP contribution in [0.5, 0.6) is 0 Å². The lowest BCUT2D eigenvalue weighted by atomic mass is 9.95. The summed E-state index contributed by atoms with van der Waals surface area (Å²) in [6, 6.07) is 0. The molecule has 0 bridgehead atoms. The monoisotopic (exact) mass is 691 g/mol. The lowest BCUT2D eigenvalue weighted by Gasteiger charge is -2.14. The van der Waals surface area contributed by atoms with Gasteiger partial charge in [0, 0.05) is 0 Å². The predicted octanol–water partition coefficient (Wildman–Crippen LogP) is 14.3. The molecule has 0 aliphatic carbocycles. The van der Waals surface area contributed by atoms with Crippen LogP contribution >= 0.6 is 0 Å². The highest BCUT2D eigenvalue weighted by Crippen LogP contribution is 2.23. The molecule has 5 heteroatoms. The van der Waals surface area contributed by atoms with Gasteiger partial charge in [-0.2, -0.15) is 0 Å². The minimum absolute atomic E-state index is 0.0538. The maximum absolute atomic E-state index is 12.2. The Bertz CT molecular complexity index is 763. The van der Waals surface area contributed by atoms with Crippen LogP contribution in [0.4, 0.5) is 0 Å². The van der Waals surface area contributed by atoms with E-state index in [1.807, 2.05) is 0 Å². The molecular formula is C44H82O5. The summed E-state index contributed by atoms with van der Waals surface area (Å²) in [4.78, 5) is 23.3. The second-order valence-electron chi connectivity index (χ2n) is 14.9. The second kappa shape index (κ2) is 37.6. The molecule has 0 radical (unpaired) electrons. The van der Waals surface area contributed by atoms with Gasteiger partial charge in [0.15, 0.2) is 0 Å². The van der Waals surface area contributed by atoms with Gasteiger partial charge in [-0.15, -0.1) is 0 Å². The van der Waals surface area contributed by atoms with Crippen molar-refractivity contribution in [1.29, 1.82) is 0 Å². The summed E-state index contributed by atoms with van der Waals surface area (Å²) in [6.45, 7) is 7.84. The van der Waals surface area contributed by atoms with Crippen molar-refractivity contribution < 1.29 is 24.5 Å². The zero-order chi connectivity index (χ0) is 36.0. The molecule has 0 aromatic heterocycles. The van der Waals surface area contributed by atoms with Crippen molar-refractivity contribution >= 4 is 11.9 Å². The molecule has 0 saturated carbocycles. The Hall–Kier alpha value is -1.62. The van der Waals surface area contributed by atoms with E-state index in [-0.39, 0.29) is 18.8 Å². The second-order valence-corrected chi connectivity index (χ2v) is 14.9. The van der Waals surface area contributed by atoms with E-state index in [1.165, 1.54) is 180 Å². The van der Waals surface area contributed by atoms with Gasteiger partial charge in [0.1, 0.15) is 0 Å². The maximum atomic E-state index is 12.2. The van der Waals surface area contributed by atoms with Gasteiger partial charge < -0.3 is 14.9 Å². The molecule has 0 aromatic carbocycles. The Balaban J connectivity index is 4.28. The summed E-state index contributed by atoms with van der Waals surface area (Å²) >= 11 is 0. The van der Waals surface area contributed by atoms with Crippen molar-refractivity contribution in [1.82, 2.24) is 0 Å². The molecule has 0 rings (SSSR count). The SMILES string of the molecule is C=C(COCC(C(=O)O)=C(CCCCCCCCCCCCCCCCCC)CCCCCCCCCCCCCCCCCC)C(=O)O. The molecular weight excluding hydrogens is 608 g/mol. The van der Waals surface area contributed by atoms with Gasteiger partial charge in [-0.1, -0.05) is 219 Å². The van der Waals surface area contributed by atoms with Gasteiger partial charge in [-0.3, -0.25) is 0 Å². The number of allylic oxidation sites excluding steroid dienone is 1. The fraction of sp³-hybridized carbons (Fsp3) is 0.864. The van der Waals surface area contributed by atoms with Gasteiger partial charge >= 0.3 is 11.9 Å². The van der Waals surface area contributed by atoms with Crippen molar-refractivity contribution in [3.05, 3.63) is 23.3 Å². The Labute approximate surface area is 304 Å². The zero-order valence-electron chi connectivity index (χ0n) is 32.8. The third kappa shape index (κ3) is 33.3. The minimum Gasteiger partial charge on any atom is -0.478 e. The highest BCUT2D eigenvalue weighted by atomic mass is 16.5. The molecule has 0 aromatic rings. The summed E-state index contributed by atoms with van der Waals surface area (Å²) in [5.41, 5.74) is 1.26. The van der Waals surface area contributed by atoms with E-state index >= 15 is 0 Å².